The Bertz CT molecular complexity index is 894. The number of hydrogen-bond donors (Lipinski definition) is 0. The van der Waals surface area contributed by atoms with E-state index in [0.29, 0.717) is 24.2 Å². The molecule has 0 aromatic heterocycles. The molecular formula is C19H22N2O3S. The van der Waals surface area contributed by atoms with E-state index in [4.69, 9.17) is 0 Å². The first-order chi connectivity index (χ1) is 11.8. The number of amides is 1. The fourth-order valence-electron chi connectivity index (χ4n) is 3.45. The molecule has 1 amide bonds. The molecule has 1 aliphatic rings. The molecule has 132 valence electrons. The Labute approximate surface area is 148 Å². The standard InChI is InChI=1S/C19H22N2O3S/c1-4-20(17-8-6-5-7-9-17)19(22)15-10-11-18-16(13-15)12-14(2)21(18)25(3,23)24/h5-11,13-14H,4,12H2,1-3H3. The quantitative estimate of drug-likeness (QED) is 0.844. The van der Waals surface area contributed by atoms with E-state index in [1.807, 2.05) is 50.2 Å². The van der Waals surface area contributed by atoms with Gasteiger partial charge in [0.2, 0.25) is 10.0 Å². The molecule has 1 unspecified atom stereocenters. The van der Waals surface area contributed by atoms with Gasteiger partial charge in [-0.25, -0.2) is 8.42 Å². The maximum atomic E-state index is 12.9. The van der Waals surface area contributed by atoms with Crippen molar-refractivity contribution < 1.29 is 13.2 Å². The van der Waals surface area contributed by atoms with E-state index in [-0.39, 0.29) is 11.9 Å². The van der Waals surface area contributed by atoms with E-state index in [0.717, 1.165) is 11.3 Å². The molecule has 25 heavy (non-hydrogen) atoms. The maximum absolute atomic E-state index is 12.9. The van der Waals surface area contributed by atoms with E-state index >= 15 is 0 Å². The summed E-state index contributed by atoms with van der Waals surface area (Å²) in [5.74, 6) is -0.0815. The highest BCUT2D eigenvalue weighted by Gasteiger charge is 2.33. The number of carbonyl (C=O) groups is 1. The number of rotatable bonds is 4. The average Bonchev–Trinajstić information content (AvgIpc) is 2.91. The van der Waals surface area contributed by atoms with Crippen LogP contribution < -0.4 is 9.21 Å². The average molecular weight is 358 g/mol. The number of fused-ring (bicyclic) bond motifs is 1. The van der Waals surface area contributed by atoms with Crippen LogP contribution in [0, 0.1) is 0 Å². The number of anilines is 2. The Morgan fingerprint density at radius 3 is 2.48 bits per heavy atom. The van der Waals surface area contributed by atoms with Gasteiger partial charge < -0.3 is 4.90 Å². The molecule has 0 bridgehead atoms. The summed E-state index contributed by atoms with van der Waals surface area (Å²) in [6, 6.07) is 14.7. The van der Waals surface area contributed by atoms with Gasteiger partial charge in [0.05, 0.1) is 11.9 Å². The number of nitrogens with zero attached hydrogens (tertiary/aromatic N) is 2. The second-order valence-corrected chi connectivity index (χ2v) is 8.20. The van der Waals surface area contributed by atoms with Gasteiger partial charge in [-0.15, -0.1) is 0 Å². The first-order valence-corrected chi connectivity index (χ1v) is 10.2. The lowest BCUT2D eigenvalue weighted by Crippen LogP contribution is -2.34. The molecule has 2 aromatic carbocycles. The molecule has 1 atom stereocenters. The molecule has 3 rings (SSSR count). The van der Waals surface area contributed by atoms with Gasteiger partial charge >= 0.3 is 0 Å². The smallest absolute Gasteiger partial charge is 0.258 e. The fraction of sp³-hybridized carbons (Fsp3) is 0.316. The monoisotopic (exact) mass is 358 g/mol. The number of carbonyl (C=O) groups excluding carboxylic acids is 1. The van der Waals surface area contributed by atoms with Gasteiger partial charge in [-0.1, -0.05) is 18.2 Å². The first-order valence-electron chi connectivity index (χ1n) is 8.32. The van der Waals surface area contributed by atoms with Gasteiger partial charge in [0.25, 0.3) is 5.91 Å². The van der Waals surface area contributed by atoms with Crippen molar-refractivity contribution >= 4 is 27.3 Å². The highest BCUT2D eigenvalue weighted by atomic mass is 32.2. The van der Waals surface area contributed by atoms with Crippen molar-refractivity contribution in [2.75, 3.05) is 22.0 Å². The van der Waals surface area contributed by atoms with Gasteiger partial charge in [-0.3, -0.25) is 9.10 Å². The summed E-state index contributed by atoms with van der Waals surface area (Å²) in [5, 5.41) is 0. The Morgan fingerprint density at radius 2 is 1.88 bits per heavy atom. The third-order valence-corrected chi connectivity index (χ3v) is 5.74. The van der Waals surface area contributed by atoms with Gasteiger partial charge in [0.15, 0.2) is 0 Å². The lowest BCUT2D eigenvalue weighted by atomic mass is 10.1. The number of sulfonamides is 1. The summed E-state index contributed by atoms with van der Waals surface area (Å²) in [6.07, 6.45) is 1.83. The van der Waals surface area contributed by atoms with Gasteiger partial charge in [0, 0.05) is 23.8 Å². The molecule has 0 N–H and O–H groups in total. The van der Waals surface area contributed by atoms with E-state index in [9.17, 15) is 13.2 Å². The zero-order chi connectivity index (χ0) is 18.2. The molecule has 0 saturated heterocycles. The summed E-state index contributed by atoms with van der Waals surface area (Å²) in [4.78, 5) is 14.6. The number of benzene rings is 2. The van der Waals surface area contributed by atoms with Gasteiger partial charge in [-0.05, 0) is 56.2 Å². The summed E-state index contributed by atoms with van der Waals surface area (Å²) in [7, 11) is -3.32. The largest absolute Gasteiger partial charge is 0.309 e. The van der Waals surface area contributed by atoms with E-state index in [1.54, 1.807) is 17.0 Å². The van der Waals surface area contributed by atoms with Crippen LogP contribution in [-0.4, -0.2) is 33.2 Å². The lowest BCUT2D eigenvalue weighted by molar-refractivity contribution is 0.0988. The second kappa shape index (κ2) is 6.52. The van der Waals surface area contributed by atoms with Crippen LogP contribution in [-0.2, 0) is 16.4 Å². The van der Waals surface area contributed by atoms with Crippen LogP contribution in [0.15, 0.2) is 48.5 Å². The predicted octanol–water partition coefficient (Wildman–Crippen LogP) is 3.06. The van der Waals surface area contributed by atoms with Crippen molar-refractivity contribution in [3.05, 3.63) is 59.7 Å². The zero-order valence-electron chi connectivity index (χ0n) is 14.6. The highest BCUT2D eigenvalue weighted by molar-refractivity contribution is 7.92. The topological polar surface area (TPSA) is 57.7 Å². The zero-order valence-corrected chi connectivity index (χ0v) is 15.5. The van der Waals surface area contributed by atoms with E-state index < -0.39 is 10.0 Å². The molecule has 5 nitrogen and oxygen atoms in total. The summed E-state index contributed by atoms with van der Waals surface area (Å²) in [5.41, 5.74) is 3.00. The third kappa shape index (κ3) is 3.26. The Hall–Kier alpha value is -2.34. The van der Waals surface area contributed by atoms with Crippen LogP contribution in [0.3, 0.4) is 0 Å². The summed E-state index contributed by atoms with van der Waals surface area (Å²) < 4.78 is 25.5. The Kier molecular flexibility index (Phi) is 4.56. The minimum Gasteiger partial charge on any atom is -0.309 e. The van der Waals surface area contributed by atoms with Crippen LogP contribution in [0.5, 0.6) is 0 Å². The second-order valence-electron chi connectivity index (χ2n) is 6.34. The molecule has 1 aliphatic heterocycles. The Morgan fingerprint density at radius 1 is 1.20 bits per heavy atom. The van der Waals surface area contributed by atoms with Crippen molar-refractivity contribution in [3.8, 4) is 0 Å². The van der Waals surface area contributed by atoms with Crippen molar-refractivity contribution in [2.24, 2.45) is 0 Å². The number of para-hydroxylation sites is 1. The SMILES string of the molecule is CCN(C(=O)c1ccc2c(c1)CC(C)N2S(C)(=O)=O)c1ccccc1. The minimum atomic E-state index is -3.32. The van der Waals surface area contributed by atoms with Crippen LogP contribution in [0.1, 0.15) is 29.8 Å². The molecular weight excluding hydrogens is 336 g/mol. The normalized spacial score (nSPS) is 16.6. The fourth-order valence-corrected chi connectivity index (χ4v) is 4.71. The lowest BCUT2D eigenvalue weighted by Gasteiger charge is -2.23. The van der Waals surface area contributed by atoms with Crippen molar-refractivity contribution in [1.29, 1.82) is 0 Å². The Balaban J connectivity index is 1.95. The van der Waals surface area contributed by atoms with Crippen LogP contribution >= 0.6 is 0 Å². The maximum Gasteiger partial charge on any atom is 0.258 e. The molecule has 0 aliphatic carbocycles. The molecule has 0 saturated carbocycles. The molecule has 0 fully saturated rings. The van der Waals surface area contributed by atoms with E-state index in [2.05, 4.69) is 0 Å². The molecule has 0 radical (unpaired) electrons. The van der Waals surface area contributed by atoms with E-state index in [1.165, 1.54) is 10.6 Å². The predicted molar refractivity (Wildman–Crippen MR) is 101 cm³/mol. The van der Waals surface area contributed by atoms with Crippen molar-refractivity contribution in [1.82, 2.24) is 0 Å². The first kappa shape index (κ1) is 17.5. The van der Waals surface area contributed by atoms with Crippen LogP contribution in [0.2, 0.25) is 0 Å². The van der Waals surface area contributed by atoms with Gasteiger partial charge in [-0.2, -0.15) is 0 Å². The van der Waals surface area contributed by atoms with Crippen molar-refractivity contribution in [2.45, 2.75) is 26.3 Å². The molecule has 6 heteroatoms. The number of hydrogen-bond acceptors (Lipinski definition) is 3. The highest BCUT2D eigenvalue weighted by Crippen LogP contribution is 2.35. The molecule has 2 aromatic rings. The van der Waals surface area contributed by atoms with Gasteiger partial charge in [0.1, 0.15) is 0 Å². The third-order valence-electron chi connectivity index (χ3n) is 4.47. The van der Waals surface area contributed by atoms with Crippen LogP contribution in [0.25, 0.3) is 0 Å². The summed E-state index contributed by atoms with van der Waals surface area (Å²) >= 11 is 0. The molecule has 0 spiro atoms. The summed E-state index contributed by atoms with van der Waals surface area (Å²) in [6.45, 7) is 4.38. The van der Waals surface area contributed by atoms with Crippen molar-refractivity contribution in [3.63, 3.8) is 0 Å². The van der Waals surface area contributed by atoms with Crippen LogP contribution in [0.4, 0.5) is 11.4 Å². The minimum absolute atomic E-state index is 0.0815. The molecule has 1 heterocycles.